The van der Waals surface area contributed by atoms with E-state index in [-0.39, 0.29) is 5.92 Å². The Morgan fingerprint density at radius 1 is 0.938 bits per heavy atom. The van der Waals surface area contributed by atoms with Crippen LogP contribution in [-0.4, -0.2) is 21.6 Å². The van der Waals surface area contributed by atoms with Crippen molar-refractivity contribution < 1.29 is 9.90 Å². The standard InChI is InChI=1S/C12H18O2S2/c13-12(14)11-7-1-3-9(5-7)15-16-10-4-2-8(11)6-10/h7-11H,1-6H2,(H,13,14). The first kappa shape index (κ1) is 11.3. The van der Waals surface area contributed by atoms with Crippen LogP contribution in [0.3, 0.4) is 0 Å². The molecule has 3 rings (SSSR count). The lowest BCUT2D eigenvalue weighted by Gasteiger charge is -2.25. The second-order valence-electron chi connectivity index (χ2n) is 5.45. The van der Waals surface area contributed by atoms with Crippen LogP contribution in [0.15, 0.2) is 0 Å². The third-order valence-corrected chi connectivity index (χ3v) is 7.96. The summed E-state index contributed by atoms with van der Waals surface area (Å²) in [5.41, 5.74) is 0. The van der Waals surface area contributed by atoms with Gasteiger partial charge in [0, 0.05) is 10.5 Å². The van der Waals surface area contributed by atoms with Crippen LogP contribution in [0.25, 0.3) is 0 Å². The summed E-state index contributed by atoms with van der Waals surface area (Å²) in [6, 6.07) is 0. The maximum Gasteiger partial charge on any atom is 0.307 e. The minimum Gasteiger partial charge on any atom is -0.481 e. The van der Waals surface area contributed by atoms with E-state index < -0.39 is 5.97 Å². The molecule has 4 atom stereocenters. The second-order valence-corrected chi connectivity index (χ2v) is 8.32. The van der Waals surface area contributed by atoms with Gasteiger partial charge in [0.1, 0.15) is 0 Å². The van der Waals surface area contributed by atoms with E-state index in [9.17, 15) is 9.90 Å². The molecule has 0 aromatic heterocycles. The van der Waals surface area contributed by atoms with Crippen molar-refractivity contribution in [3.8, 4) is 0 Å². The van der Waals surface area contributed by atoms with Gasteiger partial charge in [0.25, 0.3) is 0 Å². The highest BCUT2D eigenvalue weighted by molar-refractivity contribution is 8.77. The molecule has 1 heterocycles. The molecule has 1 aliphatic heterocycles. The first-order valence-electron chi connectivity index (χ1n) is 6.29. The molecule has 4 unspecified atom stereocenters. The molecule has 2 aliphatic carbocycles. The van der Waals surface area contributed by atoms with E-state index in [4.69, 9.17) is 0 Å². The van der Waals surface area contributed by atoms with Gasteiger partial charge in [-0.15, -0.1) is 0 Å². The summed E-state index contributed by atoms with van der Waals surface area (Å²) < 4.78 is 0. The van der Waals surface area contributed by atoms with Crippen molar-refractivity contribution in [1.82, 2.24) is 0 Å². The molecule has 0 aromatic carbocycles. The Balaban J connectivity index is 1.85. The van der Waals surface area contributed by atoms with Crippen molar-refractivity contribution >= 4 is 27.6 Å². The van der Waals surface area contributed by atoms with E-state index in [0.717, 1.165) is 36.2 Å². The summed E-state index contributed by atoms with van der Waals surface area (Å²) in [6.45, 7) is 0. The highest BCUT2D eigenvalue weighted by atomic mass is 33.1. The molecule has 0 radical (unpaired) electrons. The van der Waals surface area contributed by atoms with Gasteiger partial charge >= 0.3 is 5.97 Å². The third-order valence-electron chi connectivity index (χ3n) is 4.48. The van der Waals surface area contributed by atoms with Crippen LogP contribution in [0.5, 0.6) is 0 Å². The van der Waals surface area contributed by atoms with E-state index >= 15 is 0 Å². The summed E-state index contributed by atoms with van der Waals surface area (Å²) in [4.78, 5) is 11.5. The fourth-order valence-corrected chi connectivity index (χ4v) is 7.14. The third kappa shape index (κ3) is 1.99. The number of aliphatic carboxylic acids is 1. The Kier molecular flexibility index (Phi) is 3.13. The van der Waals surface area contributed by atoms with E-state index in [1.165, 1.54) is 12.8 Å². The highest BCUT2D eigenvalue weighted by Gasteiger charge is 2.44. The number of hydrogen-bond donors (Lipinski definition) is 1. The SMILES string of the molecule is O=C(O)C1C2CCC(C2)SSC2CCC1C2. The fraction of sp³-hybridized carbons (Fsp3) is 0.917. The minimum absolute atomic E-state index is 0.0331. The lowest BCUT2D eigenvalue weighted by molar-refractivity contribution is -0.145. The Hall–Kier alpha value is 0.170. The number of hydrogen-bond acceptors (Lipinski definition) is 3. The van der Waals surface area contributed by atoms with Crippen molar-refractivity contribution in [2.45, 2.75) is 49.0 Å². The Labute approximate surface area is 104 Å². The topological polar surface area (TPSA) is 37.3 Å². The molecule has 3 aliphatic rings. The van der Waals surface area contributed by atoms with Gasteiger partial charge in [0.05, 0.1) is 5.92 Å². The molecule has 2 nitrogen and oxygen atoms in total. The van der Waals surface area contributed by atoms with Gasteiger partial charge in [0.15, 0.2) is 0 Å². The van der Waals surface area contributed by atoms with Gasteiger partial charge in [-0.05, 0) is 50.4 Å². The first-order chi connectivity index (χ1) is 7.74. The van der Waals surface area contributed by atoms with Crippen LogP contribution in [0, 0.1) is 17.8 Å². The van der Waals surface area contributed by atoms with Crippen LogP contribution >= 0.6 is 21.6 Å². The zero-order valence-corrected chi connectivity index (χ0v) is 10.9. The van der Waals surface area contributed by atoms with Gasteiger partial charge in [-0.3, -0.25) is 4.79 Å². The van der Waals surface area contributed by atoms with E-state index in [0.29, 0.717) is 11.8 Å². The molecule has 90 valence electrons. The molecule has 3 fully saturated rings. The second kappa shape index (κ2) is 4.45. The summed E-state index contributed by atoms with van der Waals surface area (Å²) in [6.07, 6.45) is 7.08. The van der Waals surface area contributed by atoms with Gasteiger partial charge in [-0.1, -0.05) is 21.6 Å². The molecular formula is C12H18O2S2. The molecule has 16 heavy (non-hydrogen) atoms. The average Bonchev–Trinajstić information content (AvgIpc) is 2.86. The zero-order chi connectivity index (χ0) is 11.1. The predicted octanol–water partition coefficient (Wildman–Crippen LogP) is 3.42. The highest BCUT2D eigenvalue weighted by Crippen LogP contribution is 2.53. The number of carbonyl (C=O) groups is 1. The van der Waals surface area contributed by atoms with E-state index in [1.807, 2.05) is 21.6 Å². The van der Waals surface area contributed by atoms with E-state index in [1.54, 1.807) is 0 Å². The normalized spacial score (nSPS) is 47.1. The zero-order valence-electron chi connectivity index (χ0n) is 9.30. The Morgan fingerprint density at radius 3 is 1.88 bits per heavy atom. The number of carboxylic acids is 1. The molecular weight excluding hydrogens is 240 g/mol. The Bertz CT molecular complexity index is 273. The Morgan fingerprint density at radius 2 is 1.44 bits per heavy atom. The number of fused-ring (bicyclic) bond motifs is 4. The molecule has 4 heteroatoms. The van der Waals surface area contributed by atoms with Crippen molar-refractivity contribution in [3.05, 3.63) is 0 Å². The van der Waals surface area contributed by atoms with Crippen molar-refractivity contribution in [1.29, 1.82) is 0 Å². The van der Waals surface area contributed by atoms with Gasteiger partial charge in [-0.25, -0.2) is 0 Å². The van der Waals surface area contributed by atoms with Crippen LogP contribution < -0.4 is 0 Å². The average molecular weight is 258 g/mol. The largest absolute Gasteiger partial charge is 0.481 e. The van der Waals surface area contributed by atoms with Crippen LogP contribution in [0.2, 0.25) is 0 Å². The monoisotopic (exact) mass is 258 g/mol. The first-order valence-corrected chi connectivity index (χ1v) is 8.56. The maximum absolute atomic E-state index is 11.5. The summed E-state index contributed by atoms with van der Waals surface area (Å²) in [5, 5.41) is 10.9. The summed E-state index contributed by atoms with van der Waals surface area (Å²) in [5.74, 6) is 0.386. The van der Waals surface area contributed by atoms with Crippen LogP contribution in [0.4, 0.5) is 0 Å². The van der Waals surface area contributed by atoms with Crippen molar-refractivity contribution in [2.75, 3.05) is 0 Å². The minimum atomic E-state index is -0.520. The lowest BCUT2D eigenvalue weighted by Crippen LogP contribution is -2.28. The van der Waals surface area contributed by atoms with Gasteiger partial charge in [0.2, 0.25) is 0 Å². The number of rotatable bonds is 1. The maximum atomic E-state index is 11.5. The molecule has 1 N–H and O–H groups in total. The number of carboxylic acid groups (broad SMARTS) is 1. The molecule has 4 bridgehead atoms. The molecule has 2 saturated carbocycles. The molecule has 0 aromatic rings. The quantitative estimate of drug-likeness (QED) is 0.731. The van der Waals surface area contributed by atoms with Crippen molar-refractivity contribution in [3.63, 3.8) is 0 Å². The molecule has 1 saturated heterocycles. The van der Waals surface area contributed by atoms with E-state index in [2.05, 4.69) is 0 Å². The van der Waals surface area contributed by atoms with Gasteiger partial charge in [-0.2, -0.15) is 0 Å². The van der Waals surface area contributed by atoms with Crippen LogP contribution in [-0.2, 0) is 4.79 Å². The summed E-state index contributed by atoms with van der Waals surface area (Å²) in [7, 11) is 4.10. The van der Waals surface area contributed by atoms with Crippen LogP contribution in [0.1, 0.15) is 38.5 Å². The van der Waals surface area contributed by atoms with Crippen molar-refractivity contribution in [2.24, 2.45) is 17.8 Å². The lowest BCUT2D eigenvalue weighted by atomic mass is 9.79. The molecule has 0 amide bonds. The predicted molar refractivity (Wildman–Crippen MR) is 68.6 cm³/mol. The smallest absolute Gasteiger partial charge is 0.307 e. The summed E-state index contributed by atoms with van der Waals surface area (Å²) >= 11 is 0. The van der Waals surface area contributed by atoms with Gasteiger partial charge < -0.3 is 5.11 Å². The fourth-order valence-electron chi connectivity index (χ4n) is 3.72. The molecule has 0 spiro atoms.